The van der Waals surface area contributed by atoms with Crippen LogP contribution in [-0.4, -0.2) is 0 Å². The quantitative estimate of drug-likeness (QED) is 0.211. The second-order valence-electron chi connectivity index (χ2n) is 13.1. The molecule has 0 bridgehead atoms. The minimum atomic E-state index is -0.191. The van der Waals surface area contributed by atoms with Crippen LogP contribution in [0.1, 0.15) is 49.9 Å². The normalized spacial score (nSPS) is 15.3. The molecule has 6 aromatic carbocycles. The minimum absolute atomic E-state index is 0.191. The molecule has 1 heteroatoms. The fourth-order valence-corrected chi connectivity index (χ4v) is 7.37. The molecule has 6 aromatic rings. The van der Waals surface area contributed by atoms with E-state index in [4.69, 9.17) is 0 Å². The number of anilines is 3. The molecule has 0 fully saturated rings. The molecule has 0 N–H and O–H groups in total. The van der Waals surface area contributed by atoms with E-state index in [0.717, 1.165) is 0 Å². The summed E-state index contributed by atoms with van der Waals surface area (Å²) in [6.07, 6.45) is 0. The fraction of sp³-hybridized carbons (Fsp3) is 0.143. The third-order valence-corrected chi connectivity index (χ3v) is 9.82. The Labute approximate surface area is 255 Å². The van der Waals surface area contributed by atoms with Gasteiger partial charge in [-0.1, -0.05) is 131 Å². The zero-order valence-corrected chi connectivity index (χ0v) is 25.2. The molecule has 0 spiro atoms. The highest BCUT2D eigenvalue weighted by molar-refractivity contribution is 5.95. The molecule has 0 atom stereocenters. The number of fused-ring (bicyclic) bond motifs is 4. The van der Waals surface area contributed by atoms with Crippen LogP contribution in [0.5, 0.6) is 0 Å². The van der Waals surface area contributed by atoms with Crippen LogP contribution in [0.25, 0.3) is 33.4 Å². The molecule has 43 heavy (non-hydrogen) atoms. The summed E-state index contributed by atoms with van der Waals surface area (Å²) in [6, 6.07) is 51.5. The Morgan fingerprint density at radius 2 is 0.698 bits per heavy atom. The van der Waals surface area contributed by atoms with Crippen LogP contribution >= 0.6 is 0 Å². The summed E-state index contributed by atoms with van der Waals surface area (Å²) in [4.78, 5) is 2.56. The fourth-order valence-electron chi connectivity index (χ4n) is 7.37. The summed E-state index contributed by atoms with van der Waals surface area (Å²) in [7, 11) is 0. The van der Waals surface area contributed by atoms with Gasteiger partial charge in [-0.2, -0.15) is 0 Å². The van der Waals surface area contributed by atoms with Crippen molar-refractivity contribution in [1.29, 1.82) is 0 Å². The molecule has 0 unspecified atom stereocenters. The van der Waals surface area contributed by atoms with Crippen LogP contribution in [0.15, 0.2) is 140 Å². The molecule has 8 rings (SSSR count). The molecular formula is C42H35N. The molecule has 208 valence electrons. The lowest BCUT2D eigenvalue weighted by Crippen LogP contribution is -2.38. The maximum absolute atomic E-state index is 2.56. The topological polar surface area (TPSA) is 3.24 Å². The van der Waals surface area contributed by atoms with E-state index in [9.17, 15) is 0 Å². The van der Waals surface area contributed by atoms with Gasteiger partial charge in [-0.25, -0.2) is 0 Å². The highest BCUT2D eigenvalue weighted by Gasteiger charge is 2.46. The van der Waals surface area contributed by atoms with Crippen molar-refractivity contribution in [3.63, 3.8) is 0 Å². The van der Waals surface area contributed by atoms with Gasteiger partial charge < -0.3 is 4.90 Å². The van der Waals surface area contributed by atoms with Gasteiger partial charge in [-0.05, 0) is 92.0 Å². The molecule has 0 saturated heterocycles. The maximum Gasteiger partial charge on any atom is 0.0544 e. The van der Waals surface area contributed by atoms with Crippen molar-refractivity contribution in [2.24, 2.45) is 0 Å². The monoisotopic (exact) mass is 553 g/mol. The van der Waals surface area contributed by atoms with Gasteiger partial charge in [0.15, 0.2) is 0 Å². The summed E-state index contributed by atoms with van der Waals surface area (Å²) in [5.41, 5.74) is 16.5. The Hall–Kier alpha value is -4.88. The van der Waals surface area contributed by atoms with Crippen LogP contribution in [-0.2, 0) is 10.8 Å². The van der Waals surface area contributed by atoms with Gasteiger partial charge in [0, 0.05) is 10.8 Å². The van der Waals surface area contributed by atoms with Crippen LogP contribution in [0.3, 0.4) is 0 Å². The van der Waals surface area contributed by atoms with Gasteiger partial charge in [0.25, 0.3) is 0 Å². The predicted octanol–water partition coefficient (Wildman–Crippen LogP) is 11.4. The van der Waals surface area contributed by atoms with E-state index in [0.29, 0.717) is 0 Å². The zero-order chi connectivity index (χ0) is 29.3. The van der Waals surface area contributed by atoms with Crippen LogP contribution in [0, 0.1) is 0 Å². The van der Waals surface area contributed by atoms with E-state index in [1.165, 1.54) is 72.7 Å². The first-order valence-electron chi connectivity index (χ1n) is 15.3. The Morgan fingerprint density at radius 3 is 1.09 bits per heavy atom. The Kier molecular flexibility index (Phi) is 5.59. The number of hydrogen-bond acceptors (Lipinski definition) is 1. The van der Waals surface area contributed by atoms with Gasteiger partial charge in [0.1, 0.15) is 0 Å². The van der Waals surface area contributed by atoms with Gasteiger partial charge in [-0.15, -0.1) is 0 Å². The molecule has 0 aliphatic carbocycles. The number of nitrogens with zero attached hydrogens (tertiary/aromatic N) is 1. The first kappa shape index (κ1) is 25.8. The summed E-state index contributed by atoms with van der Waals surface area (Å²) in [5, 5.41) is 0. The Morgan fingerprint density at radius 1 is 0.349 bits per heavy atom. The summed E-state index contributed by atoms with van der Waals surface area (Å²) in [6.45, 7) is 9.62. The smallest absolute Gasteiger partial charge is 0.0544 e. The molecule has 0 aromatic heterocycles. The Balaban J connectivity index is 1.44. The molecule has 1 nitrogen and oxygen atoms in total. The molecule has 0 radical (unpaired) electrons. The van der Waals surface area contributed by atoms with Gasteiger partial charge in [0.2, 0.25) is 0 Å². The van der Waals surface area contributed by atoms with Crippen molar-refractivity contribution >= 4 is 17.1 Å². The lowest BCUT2D eigenvalue weighted by molar-refractivity contribution is 0.598. The summed E-state index contributed by atoms with van der Waals surface area (Å²) < 4.78 is 0. The SMILES string of the molecule is CC1(C)c2cc(-c3ccccc3)ccc2N2c3ccc(-c4ccccc4)cc3C(C)(C)c3cc(-c4ccccc4)cc1c32. The number of benzene rings is 6. The predicted molar refractivity (Wildman–Crippen MR) is 182 cm³/mol. The molecule has 2 heterocycles. The van der Waals surface area contributed by atoms with E-state index in [1.54, 1.807) is 0 Å². The van der Waals surface area contributed by atoms with E-state index in [1.807, 2.05) is 0 Å². The third kappa shape index (κ3) is 3.85. The molecule has 0 amide bonds. The highest BCUT2D eigenvalue weighted by Crippen LogP contribution is 2.61. The number of hydrogen-bond donors (Lipinski definition) is 0. The zero-order valence-electron chi connectivity index (χ0n) is 25.2. The van der Waals surface area contributed by atoms with Crippen molar-refractivity contribution in [3.8, 4) is 33.4 Å². The largest absolute Gasteiger partial charge is 0.309 e. The standard InChI is InChI=1S/C42H35N/c1-41(2)34-24-31(28-14-8-5-9-15-28)20-22-38(34)43-39-23-21-32(29-16-10-6-11-17-29)25-35(39)42(3,4)37-27-33(26-36(41)40(37)43)30-18-12-7-13-19-30/h5-27H,1-4H3. The van der Waals surface area contributed by atoms with Gasteiger partial charge in [-0.3, -0.25) is 0 Å². The summed E-state index contributed by atoms with van der Waals surface area (Å²) >= 11 is 0. The van der Waals surface area contributed by atoms with E-state index in [-0.39, 0.29) is 10.8 Å². The average Bonchev–Trinajstić information content (AvgIpc) is 3.05. The minimum Gasteiger partial charge on any atom is -0.309 e. The van der Waals surface area contributed by atoms with Crippen LogP contribution < -0.4 is 4.90 Å². The first-order chi connectivity index (χ1) is 20.8. The lowest BCUT2D eigenvalue weighted by atomic mass is 9.65. The molecule has 2 aliphatic rings. The van der Waals surface area contributed by atoms with Crippen molar-refractivity contribution < 1.29 is 0 Å². The van der Waals surface area contributed by atoms with E-state index >= 15 is 0 Å². The summed E-state index contributed by atoms with van der Waals surface area (Å²) in [5.74, 6) is 0. The maximum atomic E-state index is 2.56. The molecular weight excluding hydrogens is 518 g/mol. The highest BCUT2D eigenvalue weighted by atomic mass is 15.2. The van der Waals surface area contributed by atoms with Gasteiger partial charge in [0.05, 0.1) is 17.1 Å². The molecule has 0 saturated carbocycles. The van der Waals surface area contributed by atoms with E-state index < -0.39 is 0 Å². The van der Waals surface area contributed by atoms with Crippen molar-refractivity contribution in [1.82, 2.24) is 0 Å². The van der Waals surface area contributed by atoms with Crippen molar-refractivity contribution in [2.45, 2.75) is 38.5 Å². The number of rotatable bonds is 3. The van der Waals surface area contributed by atoms with Crippen LogP contribution in [0.2, 0.25) is 0 Å². The van der Waals surface area contributed by atoms with Crippen molar-refractivity contribution in [2.75, 3.05) is 4.90 Å². The molecule has 2 aliphatic heterocycles. The third-order valence-electron chi connectivity index (χ3n) is 9.82. The average molecular weight is 554 g/mol. The van der Waals surface area contributed by atoms with Gasteiger partial charge >= 0.3 is 0 Å². The lowest BCUT2D eigenvalue weighted by Gasteiger charge is -2.50. The van der Waals surface area contributed by atoms with Crippen LogP contribution in [0.4, 0.5) is 17.1 Å². The Bertz CT molecular complexity index is 1880. The van der Waals surface area contributed by atoms with Crippen molar-refractivity contribution in [3.05, 3.63) is 162 Å². The second-order valence-corrected chi connectivity index (χ2v) is 13.1. The first-order valence-corrected chi connectivity index (χ1v) is 15.3. The van der Waals surface area contributed by atoms with E-state index in [2.05, 4.69) is 172 Å². The second kappa shape index (κ2) is 9.31.